The van der Waals surface area contributed by atoms with E-state index in [0.29, 0.717) is 5.56 Å². The minimum Gasteiger partial charge on any atom is -0.377 e. The second-order valence-electron chi connectivity index (χ2n) is 5.37. The highest BCUT2D eigenvalue weighted by Crippen LogP contribution is 2.21. The van der Waals surface area contributed by atoms with Gasteiger partial charge in [-0.25, -0.2) is 4.98 Å². The molecule has 0 bridgehead atoms. The topological polar surface area (TPSA) is 54.0 Å². The number of aryl methyl sites for hydroxylation is 1. The molecule has 0 aliphatic heterocycles. The van der Waals surface area contributed by atoms with Gasteiger partial charge < -0.3 is 10.6 Å². The van der Waals surface area contributed by atoms with Crippen molar-refractivity contribution in [2.75, 3.05) is 5.32 Å². The number of hydrogen-bond donors (Lipinski definition) is 2. The monoisotopic (exact) mass is 303 g/mol. The van der Waals surface area contributed by atoms with Crippen molar-refractivity contribution in [3.8, 4) is 0 Å². The number of carbonyl (C=O) groups is 1. The molecule has 5 heteroatoms. The number of nitrogens with zero attached hydrogens (tertiary/aromatic N) is 1. The lowest BCUT2D eigenvalue weighted by Crippen LogP contribution is -2.30. The van der Waals surface area contributed by atoms with Crippen LogP contribution >= 0.6 is 11.3 Å². The van der Waals surface area contributed by atoms with E-state index in [4.69, 9.17) is 0 Å². The Labute approximate surface area is 129 Å². The van der Waals surface area contributed by atoms with Crippen molar-refractivity contribution in [3.63, 3.8) is 0 Å². The molecule has 2 N–H and O–H groups in total. The van der Waals surface area contributed by atoms with Crippen molar-refractivity contribution < 1.29 is 4.79 Å². The summed E-state index contributed by atoms with van der Waals surface area (Å²) >= 11 is 1.64. The second-order valence-corrected chi connectivity index (χ2v) is 6.43. The number of benzene rings is 1. The van der Waals surface area contributed by atoms with E-state index in [1.807, 2.05) is 45.0 Å². The van der Waals surface area contributed by atoms with Gasteiger partial charge >= 0.3 is 0 Å². The van der Waals surface area contributed by atoms with Crippen LogP contribution in [0.5, 0.6) is 0 Å². The summed E-state index contributed by atoms with van der Waals surface area (Å²) in [6.07, 6.45) is 0. The van der Waals surface area contributed by atoms with Crippen LogP contribution in [0.25, 0.3) is 0 Å². The SMILES string of the molecule is Cc1nc(C(C)Nc2cccc(C(=O)NC(C)C)c2)cs1. The second kappa shape index (κ2) is 6.72. The molecule has 2 aromatic rings. The molecular weight excluding hydrogens is 282 g/mol. The van der Waals surface area contributed by atoms with Gasteiger partial charge in [-0.1, -0.05) is 6.07 Å². The maximum atomic E-state index is 12.0. The maximum absolute atomic E-state index is 12.0. The largest absolute Gasteiger partial charge is 0.377 e. The fraction of sp³-hybridized carbons (Fsp3) is 0.375. The Balaban J connectivity index is 2.09. The Morgan fingerprint density at radius 3 is 2.67 bits per heavy atom. The number of rotatable bonds is 5. The summed E-state index contributed by atoms with van der Waals surface area (Å²) < 4.78 is 0. The third-order valence-electron chi connectivity index (χ3n) is 3.01. The van der Waals surface area contributed by atoms with Crippen molar-refractivity contribution in [3.05, 3.63) is 45.9 Å². The van der Waals surface area contributed by atoms with E-state index >= 15 is 0 Å². The van der Waals surface area contributed by atoms with E-state index in [1.54, 1.807) is 11.3 Å². The highest BCUT2D eigenvalue weighted by atomic mass is 32.1. The van der Waals surface area contributed by atoms with Crippen LogP contribution in [-0.4, -0.2) is 16.9 Å². The zero-order chi connectivity index (χ0) is 15.4. The first-order chi connectivity index (χ1) is 9.95. The molecule has 1 unspecified atom stereocenters. The van der Waals surface area contributed by atoms with Crippen molar-refractivity contribution in [1.82, 2.24) is 10.3 Å². The van der Waals surface area contributed by atoms with E-state index in [-0.39, 0.29) is 18.0 Å². The van der Waals surface area contributed by atoms with E-state index in [1.165, 1.54) is 0 Å². The van der Waals surface area contributed by atoms with Gasteiger partial charge in [0.25, 0.3) is 5.91 Å². The number of amides is 1. The number of thiazole rings is 1. The quantitative estimate of drug-likeness (QED) is 0.884. The molecule has 0 saturated carbocycles. The summed E-state index contributed by atoms with van der Waals surface area (Å²) in [6, 6.07) is 7.77. The number of aromatic nitrogens is 1. The first-order valence-electron chi connectivity index (χ1n) is 7.05. The van der Waals surface area contributed by atoms with Crippen LogP contribution in [0.4, 0.5) is 5.69 Å². The molecule has 0 radical (unpaired) electrons. The van der Waals surface area contributed by atoms with Gasteiger partial charge in [0.2, 0.25) is 0 Å². The first kappa shape index (κ1) is 15.5. The van der Waals surface area contributed by atoms with E-state index in [0.717, 1.165) is 16.4 Å². The third kappa shape index (κ3) is 4.29. The molecule has 0 spiro atoms. The molecule has 0 saturated heterocycles. The average molecular weight is 303 g/mol. The number of carbonyl (C=O) groups excluding carboxylic acids is 1. The lowest BCUT2D eigenvalue weighted by molar-refractivity contribution is 0.0943. The van der Waals surface area contributed by atoms with Crippen LogP contribution in [-0.2, 0) is 0 Å². The fourth-order valence-electron chi connectivity index (χ4n) is 2.00. The van der Waals surface area contributed by atoms with Crippen LogP contribution in [0.2, 0.25) is 0 Å². The summed E-state index contributed by atoms with van der Waals surface area (Å²) in [5.41, 5.74) is 2.61. The highest BCUT2D eigenvalue weighted by Gasteiger charge is 2.11. The van der Waals surface area contributed by atoms with Crippen LogP contribution in [0.15, 0.2) is 29.6 Å². The molecule has 1 amide bonds. The Morgan fingerprint density at radius 2 is 2.05 bits per heavy atom. The first-order valence-corrected chi connectivity index (χ1v) is 7.93. The molecule has 2 rings (SSSR count). The summed E-state index contributed by atoms with van der Waals surface area (Å²) in [5, 5.41) is 9.40. The molecule has 0 fully saturated rings. The summed E-state index contributed by atoms with van der Waals surface area (Å²) in [5.74, 6) is -0.0502. The van der Waals surface area contributed by atoms with Crippen molar-refractivity contribution in [1.29, 1.82) is 0 Å². The Bertz CT molecular complexity index is 621. The van der Waals surface area contributed by atoms with E-state index in [9.17, 15) is 4.79 Å². The summed E-state index contributed by atoms with van der Waals surface area (Å²) in [6.45, 7) is 7.96. The smallest absolute Gasteiger partial charge is 0.251 e. The van der Waals surface area contributed by atoms with Gasteiger partial charge in [0, 0.05) is 22.7 Å². The van der Waals surface area contributed by atoms with E-state index < -0.39 is 0 Å². The predicted octanol–water partition coefficient (Wildman–Crippen LogP) is 3.76. The molecule has 0 aliphatic carbocycles. The number of anilines is 1. The lowest BCUT2D eigenvalue weighted by atomic mass is 10.1. The van der Waals surface area contributed by atoms with Crippen molar-refractivity contribution in [2.24, 2.45) is 0 Å². The molecular formula is C16H21N3OS. The van der Waals surface area contributed by atoms with Gasteiger partial charge in [0.05, 0.1) is 16.7 Å². The molecule has 1 aromatic carbocycles. The lowest BCUT2D eigenvalue weighted by Gasteiger charge is -2.14. The Hall–Kier alpha value is -1.88. The maximum Gasteiger partial charge on any atom is 0.251 e. The van der Waals surface area contributed by atoms with Gasteiger partial charge in [0.15, 0.2) is 0 Å². The third-order valence-corrected chi connectivity index (χ3v) is 3.80. The van der Waals surface area contributed by atoms with Crippen LogP contribution < -0.4 is 10.6 Å². The predicted molar refractivity (Wildman–Crippen MR) is 87.9 cm³/mol. The van der Waals surface area contributed by atoms with Crippen LogP contribution in [0, 0.1) is 6.92 Å². The molecule has 112 valence electrons. The van der Waals surface area contributed by atoms with Crippen LogP contribution in [0.1, 0.15) is 47.9 Å². The van der Waals surface area contributed by atoms with E-state index in [2.05, 4.69) is 27.9 Å². The van der Waals surface area contributed by atoms with Gasteiger partial charge in [-0.05, 0) is 45.9 Å². The molecule has 1 atom stereocenters. The minimum atomic E-state index is -0.0502. The van der Waals surface area contributed by atoms with Gasteiger partial charge in [0.1, 0.15) is 0 Å². The van der Waals surface area contributed by atoms with Crippen molar-refractivity contribution >= 4 is 22.9 Å². The molecule has 1 aromatic heterocycles. The fourth-order valence-corrected chi connectivity index (χ4v) is 2.70. The summed E-state index contributed by atoms with van der Waals surface area (Å²) in [4.78, 5) is 16.5. The zero-order valence-corrected chi connectivity index (χ0v) is 13.6. The Morgan fingerprint density at radius 1 is 1.29 bits per heavy atom. The standard InChI is InChI=1S/C16H21N3OS/c1-10(2)17-16(20)13-6-5-7-14(8-13)18-11(3)15-9-21-12(4)19-15/h5-11,18H,1-4H3,(H,17,20). The van der Waals surface area contributed by atoms with Crippen molar-refractivity contribution in [2.45, 2.75) is 39.8 Å². The highest BCUT2D eigenvalue weighted by molar-refractivity contribution is 7.09. The Kier molecular flexibility index (Phi) is 4.96. The average Bonchev–Trinajstić information content (AvgIpc) is 2.85. The number of nitrogens with one attached hydrogen (secondary N) is 2. The molecule has 1 heterocycles. The van der Waals surface area contributed by atoms with Gasteiger partial charge in [-0.2, -0.15) is 0 Å². The normalized spacial score (nSPS) is 12.2. The zero-order valence-electron chi connectivity index (χ0n) is 12.8. The number of hydrogen-bond acceptors (Lipinski definition) is 4. The van der Waals surface area contributed by atoms with Gasteiger partial charge in [-0.15, -0.1) is 11.3 Å². The molecule has 21 heavy (non-hydrogen) atoms. The minimum absolute atomic E-state index is 0.0502. The summed E-state index contributed by atoms with van der Waals surface area (Å²) in [7, 11) is 0. The van der Waals surface area contributed by atoms with Crippen LogP contribution in [0.3, 0.4) is 0 Å². The molecule has 0 aliphatic rings. The van der Waals surface area contributed by atoms with Gasteiger partial charge in [-0.3, -0.25) is 4.79 Å². The molecule has 4 nitrogen and oxygen atoms in total.